The van der Waals surface area contributed by atoms with Gasteiger partial charge in [-0.3, -0.25) is 9.69 Å². The standard InChI is InChI=1S/C19H27NO2/c1-14-18(22-15(2)21)13-20(12-16-8-4-3-5-9-16)19(14)17-10-6-7-11-17/h3-5,8-9,14,17-19H,6-7,10-13H2,1-2H3/t14-,18+,19?/m0/s1. The Morgan fingerprint density at radius 3 is 2.55 bits per heavy atom. The third kappa shape index (κ3) is 3.35. The molecule has 22 heavy (non-hydrogen) atoms. The van der Waals surface area contributed by atoms with Gasteiger partial charge in [-0.25, -0.2) is 0 Å². The summed E-state index contributed by atoms with van der Waals surface area (Å²) in [7, 11) is 0. The fraction of sp³-hybridized carbons (Fsp3) is 0.632. The second kappa shape index (κ2) is 6.82. The predicted molar refractivity (Wildman–Crippen MR) is 87.3 cm³/mol. The topological polar surface area (TPSA) is 29.5 Å². The minimum absolute atomic E-state index is 0.0480. The maximum absolute atomic E-state index is 11.4. The maximum Gasteiger partial charge on any atom is 0.302 e. The first kappa shape index (κ1) is 15.5. The van der Waals surface area contributed by atoms with Crippen LogP contribution in [-0.2, 0) is 16.1 Å². The van der Waals surface area contributed by atoms with Crippen molar-refractivity contribution in [2.24, 2.45) is 11.8 Å². The number of carbonyl (C=O) groups excluding carboxylic acids is 1. The molecule has 1 aromatic carbocycles. The summed E-state index contributed by atoms with van der Waals surface area (Å²) in [5.41, 5.74) is 1.35. The molecule has 3 atom stereocenters. The highest BCUT2D eigenvalue weighted by atomic mass is 16.5. The van der Waals surface area contributed by atoms with Crippen LogP contribution in [0.5, 0.6) is 0 Å². The molecule has 1 aromatic rings. The molecule has 1 saturated heterocycles. The summed E-state index contributed by atoms with van der Waals surface area (Å²) in [5.74, 6) is 1.04. The second-order valence-corrected chi connectivity index (χ2v) is 6.96. The van der Waals surface area contributed by atoms with Gasteiger partial charge in [0.05, 0.1) is 0 Å². The Morgan fingerprint density at radius 2 is 1.91 bits per heavy atom. The van der Waals surface area contributed by atoms with Gasteiger partial charge in [-0.2, -0.15) is 0 Å². The van der Waals surface area contributed by atoms with E-state index in [0.29, 0.717) is 12.0 Å². The third-order valence-corrected chi connectivity index (χ3v) is 5.39. The highest BCUT2D eigenvalue weighted by Gasteiger charge is 2.44. The summed E-state index contributed by atoms with van der Waals surface area (Å²) in [6.45, 7) is 5.62. The van der Waals surface area contributed by atoms with E-state index in [9.17, 15) is 4.79 Å². The summed E-state index contributed by atoms with van der Waals surface area (Å²) in [5, 5.41) is 0. The van der Waals surface area contributed by atoms with Crippen LogP contribution in [0.2, 0.25) is 0 Å². The second-order valence-electron chi connectivity index (χ2n) is 6.96. The lowest BCUT2D eigenvalue weighted by atomic mass is 9.87. The van der Waals surface area contributed by atoms with Crippen molar-refractivity contribution in [2.75, 3.05) is 6.54 Å². The molecule has 0 spiro atoms. The molecule has 0 aromatic heterocycles. The Hall–Kier alpha value is -1.35. The molecule has 120 valence electrons. The van der Waals surface area contributed by atoms with Gasteiger partial charge in [-0.1, -0.05) is 50.1 Å². The van der Waals surface area contributed by atoms with Crippen LogP contribution >= 0.6 is 0 Å². The van der Waals surface area contributed by atoms with Crippen molar-refractivity contribution >= 4 is 5.97 Å². The number of esters is 1. The van der Waals surface area contributed by atoms with E-state index in [1.807, 2.05) is 0 Å². The Labute approximate surface area is 133 Å². The minimum Gasteiger partial charge on any atom is -0.461 e. The number of ether oxygens (including phenoxy) is 1. The minimum atomic E-state index is -0.149. The van der Waals surface area contributed by atoms with Crippen molar-refractivity contribution in [2.45, 2.75) is 58.2 Å². The van der Waals surface area contributed by atoms with Crippen LogP contribution in [0.1, 0.15) is 45.1 Å². The molecule has 0 radical (unpaired) electrons. The number of benzene rings is 1. The molecule has 0 bridgehead atoms. The molecule has 3 heteroatoms. The molecule has 2 fully saturated rings. The monoisotopic (exact) mass is 301 g/mol. The Bertz CT molecular complexity index is 495. The lowest BCUT2D eigenvalue weighted by Gasteiger charge is -2.31. The van der Waals surface area contributed by atoms with Crippen LogP contribution in [0.3, 0.4) is 0 Å². The lowest BCUT2D eigenvalue weighted by Crippen LogP contribution is -2.37. The van der Waals surface area contributed by atoms with Gasteiger partial charge >= 0.3 is 5.97 Å². The van der Waals surface area contributed by atoms with Crippen LogP contribution < -0.4 is 0 Å². The zero-order valence-corrected chi connectivity index (χ0v) is 13.7. The van der Waals surface area contributed by atoms with E-state index in [4.69, 9.17) is 4.74 Å². The van der Waals surface area contributed by atoms with Crippen LogP contribution in [-0.4, -0.2) is 29.6 Å². The summed E-state index contributed by atoms with van der Waals surface area (Å²) in [6.07, 6.45) is 5.41. The predicted octanol–water partition coefficient (Wildman–Crippen LogP) is 3.63. The molecule has 1 saturated carbocycles. The Balaban J connectivity index is 1.76. The first-order valence-electron chi connectivity index (χ1n) is 8.60. The molecule has 1 heterocycles. The van der Waals surface area contributed by atoms with E-state index in [1.165, 1.54) is 38.2 Å². The number of nitrogens with zero attached hydrogens (tertiary/aromatic N) is 1. The smallest absolute Gasteiger partial charge is 0.302 e. The zero-order chi connectivity index (χ0) is 15.5. The first-order chi connectivity index (χ1) is 10.6. The molecular weight excluding hydrogens is 274 g/mol. The van der Waals surface area contributed by atoms with E-state index in [1.54, 1.807) is 0 Å². The van der Waals surface area contributed by atoms with Gasteiger partial charge < -0.3 is 4.74 Å². The number of likely N-dealkylation sites (tertiary alicyclic amines) is 1. The van der Waals surface area contributed by atoms with Crippen LogP contribution in [0.4, 0.5) is 0 Å². The van der Waals surface area contributed by atoms with Gasteiger partial charge in [-0.05, 0) is 24.3 Å². The van der Waals surface area contributed by atoms with E-state index < -0.39 is 0 Å². The van der Waals surface area contributed by atoms with Crippen LogP contribution in [0.25, 0.3) is 0 Å². The van der Waals surface area contributed by atoms with Gasteiger partial charge in [-0.15, -0.1) is 0 Å². The fourth-order valence-electron chi connectivity index (χ4n) is 4.44. The summed E-state index contributed by atoms with van der Waals surface area (Å²) in [4.78, 5) is 14.0. The fourth-order valence-corrected chi connectivity index (χ4v) is 4.44. The van der Waals surface area contributed by atoms with Crippen molar-refractivity contribution in [1.29, 1.82) is 0 Å². The van der Waals surface area contributed by atoms with Crippen molar-refractivity contribution in [3.63, 3.8) is 0 Å². The summed E-state index contributed by atoms with van der Waals surface area (Å²) >= 11 is 0. The number of rotatable bonds is 4. The van der Waals surface area contributed by atoms with E-state index in [-0.39, 0.29) is 12.1 Å². The number of carbonyl (C=O) groups is 1. The highest BCUT2D eigenvalue weighted by molar-refractivity contribution is 5.66. The molecular formula is C19H27NO2. The van der Waals surface area contributed by atoms with E-state index >= 15 is 0 Å². The van der Waals surface area contributed by atoms with Crippen LogP contribution in [0.15, 0.2) is 30.3 Å². The van der Waals surface area contributed by atoms with Gasteiger partial charge in [0.1, 0.15) is 6.10 Å². The van der Waals surface area contributed by atoms with Gasteiger partial charge in [0.15, 0.2) is 0 Å². The van der Waals surface area contributed by atoms with Gasteiger partial charge in [0.25, 0.3) is 0 Å². The molecule has 0 amide bonds. The summed E-state index contributed by atoms with van der Waals surface area (Å²) in [6, 6.07) is 11.2. The molecule has 1 aliphatic carbocycles. The normalized spacial score (nSPS) is 29.8. The zero-order valence-electron chi connectivity index (χ0n) is 13.7. The van der Waals surface area contributed by atoms with Gasteiger partial charge in [0.2, 0.25) is 0 Å². The van der Waals surface area contributed by atoms with E-state index in [2.05, 4.69) is 42.2 Å². The molecule has 1 unspecified atom stereocenters. The quantitative estimate of drug-likeness (QED) is 0.795. The van der Waals surface area contributed by atoms with Crippen molar-refractivity contribution < 1.29 is 9.53 Å². The Kier molecular flexibility index (Phi) is 4.82. The lowest BCUT2D eigenvalue weighted by molar-refractivity contribution is -0.147. The molecule has 2 aliphatic rings. The van der Waals surface area contributed by atoms with Crippen molar-refractivity contribution in [1.82, 2.24) is 4.90 Å². The highest BCUT2D eigenvalue weighted by Crippen LogP contribution is 2.40. The van der Waals surface area contributed by atoms with Crippen molar-refractivity contribution in [3.05, 3.63) is 35.9 Å². The molecule has 1 aliphatic heterocycles. The van der Waals surface area contributed by atoms with Crippen molar-refractivity contribution in [3.8, 4) is 0 Å². The average molecular weight is 301 g/mol. The van der Waals surface area contributed by atoms with Gasteiger partial charge in [0, 0.05) is 32.0 Å². The van der Waals surface area contributed by atoms with E-state index in [0.717, 1.165) is 19.0 Å². The average Bonchev–Trinajstić information content (AvgIpc) is 3.09. The maximum atomic E-state index is 11.4. The molecule has 3 rings (SSSR count). The Morgan fingerprint density at radius 1 is 1.23 bits per heavy atom. The number of hydrogen-bond donors (Lipinski definition) is 0. The number of hydrogen-bond acceptors (Lipinski definition) is 3. The first-order valence-corrected chi connectivity index (χ1v) is 8.60. The summed E-state index contributed by atoms with van der Waals surface area (Å²) < 4.78 is 5.60. The largest absolute Gasteiger partial charge is 0.461 e. The SMILES string of the molecule is CC(=O)O[C@@H]1CN(Cc2ccccc2)C(C2CCCC2)[C@H]1C. The molecule has 0 N–H and O–H groups in total. The third-order valence-electron chi connectivity index (χ3n) is 5.39. The van der Waals surface area contributed by atoms with Crippen LogP contribution in [0, 0.1) is 11.8 Å². The molecule has 3 nitrogen and oxygen atoms in total.